The molecule has 0 saturated carbocycles. The van der Waals surface area contributed by atoms with Crippen LogP contribution in [0.3, 0.4) is 0 Å². The van der Waals surface area contributed by atoms with Gasteiger partial charge in [-0.15, -0.1) is 10.2 Å². The maximum Gasteiger partial charge on any atom is 0.211 e. The third-order valence-electron chi connectivity index (χ3n) is 2.78. The zero-order chi connectivity index (χ0) is 13.3. The minimum atomic E-state index is -3.15. The van der Waals surface area contributed by atoms with Crippen LogP contribution in [0.2, 0.25) is 5.15 Å². The van der Waals surface area contributed by atoms with Gasteiger partial charge in [-0.2, -0.15) is 4.31 Å². The predicted octanol–water partition coefficient (Wildman–Crippen LogP) is 0.761. The summed E-state index contributed by atoms with van der Waals surface area (Å²) in [7, 11) is -3.15. The Morgan fingerprint density at radius 1 is 1.44 bits per heavy atom. The van der Waals surface area contributed by atoms with E-state index in [9.17, 15) is 8.42 Å². The van der Waals surface area contributed by atoms with Gasteiger partial charge in [0.1, 0.15) is 0 Å². The molecule has 18 heavy (non-hydrogen) atoms. The third-order valence-corrected chi connectivity index (χ3v) is 4.23. The van der Waals surface area contributed by atoms with E-state index >= 15 is 0 Å². The van der Waals surface area contributed by atoms with Crippen LogP contribution in [0.25, 0.3) is 5.57 Å². The van der Waals surface area contributed by atoms with Crippen LogP contribution in [0.5, 0.6) is 0 Å². The molecule has 1 aliphatic rings. The first-order valence-electron chi connectivity index (χ1n) is 5.31. The van der Waals surface area contributed by atoms with Crippen molar-refractivity contribution in [1.82, 2.24) is 14.5 Å². The van der Waals surface area contributed by atoms with Crippen LogP contribution in [0.15, 0.2) is 12.1 Å². The van der Waals surface area contributed by atoms with E-state index in [0.29, 0.717) is 25.3 Å². The highest BCUT2D eigenvalue weighted by Gasteiger charge is 2.21. The van der Waals surface area contributed by atoms with Gasteiger partial charge in [0.05, 0.1) is 6.26 Å². The van der Waals surface area contributed by atoms with Gasteiger partial charge in [0.2, 0.25) is 10.0 Å². The smallest absolute Gasteiger partial charge is 0.211 e. The van der Waals surface area contributed by atoms with Crippen LogP contribution in [0.4, 0.5) is 5.82 Å². The first-order valence-corrected chi connectivity index (χ1v) is 7.54. The zero-order valence-electron chi connectivity index (χ0n) is 9.80. The maximum absolute atomic E-state index is 11.4. The molecule has 98 valence electrons. The average molecular weight is 289 g/mol. The molecule has 0 fully saturated rings. The lowest BCUT2D eigenvalue weighted by Gasteiger charge is -2.24. The number of sulfonamides is 1. The van der Waals surface area contributed by atoms with Crippen LogP contribution in [-0.2, 0) is 10.0 Å². The van der Waals surface area contributed by atoms with Crippen LogP contribution >= 0.6 is 11.6 Å². The summed E-state index contributed by atoms with van der Waals surface area (Å²) in [6.07, 6.45) is 3.61. The topological polar surface area (TPSA) is 89.2 Å². The minimum absolute atomic E-state index is 0.269. The van der Waals surface area contributed by atoms with Gasteiger partial charge in [-0.05, 0) is 18.1 Å². The molecular weight excluding hydrogens is 276 g/mol. The van der Waals surface area contributed by atoms with Gasteiger partial charge in [0, 0.05) is 18.7 Å². The van der Waals surface area contributed by atoms with E-state index in [-0.39, 0.29) is 5.15 Å². The monoisotopic (exact) mass is 288 g/mol. The number of nitrogens with two attached hydrogens (primary N) is 1. The molecular formula is C10H13ClN4O2S. The molecule has 2 rings (SSSR count). The van der Waals surface area contributed by atoms with Crippen LogP contribution in [-0.4, -0.2) is 42.3 Å². The van der Waals surface area contributed by atoms with Crippen molar-refractivity contribution in [2.45, 2.75) is 6.42 Å². The second-order valence-electron chi connectivity index (χ2n) is 4.07. The molecule has 8 heteroatoms. The summed E-state index contributed by atoms with van der Waals surface area (Å²) in [6, 6.07) is 1.64. The number of hydrogen-bond acceptors (Lipinski definition) is 5. The predicted molar refractivity (Wildman–Crippen MR) is 70.5 cm³/mol. The van der Waals surface area contributed by atoms with Gasteiger partial charge in [-0.1, -0.05) is 17.7 Å². The molecule has 0 aromatic carbocycles. The summed E-state index contributed by atoms with van der Waals surface area (Å²) in [5.41, 5.74) is 7.41. The van der Waals surface area contributed by atoms with Crippen molar-refractivity contribution >= 4 is 33.0 Å². The van der Waals surface area contributed by atoms with Crippen molar-refractivity contribution in [3.63, 3.8) is 0 Å². The second kappa shape index (κ2) is 4.83. The lowest BCUT2D eigenvalue weighted by Crippen LogP contribution is -2.33. The lowest BCUT2D eigenvalue weighted by atomic mass is 10.0. The largest absolute Gasteiger partial charge is 0.382 e. The highest BCUT2D eigenvalue weighted by Crippen LogP contribution is 2.27. The van der Waals surface area contributed by atoms with E-state index < -0.39 is 10.0 Å². The van der Waals surface area contributed by atoms with E-state index in [1.54, 1.807) is 6.07 Å². The Morgan fingerprint density at radius 3 is 2.72 bits per heavy atom. The first kappa shape index (κ1) is 13.3. The molecule has 2 heterocycles. The molecule has 2 N–H and O–H groups in total. The van der Waals surface area contributed by atoms with Crippen molar-refractivity contribution in [1.29, 1.82) is 0 Å². The Balaban J connectivity index is 2.27. The minimum Gasteiger partial charge on any atom is -0.382 e. The van der Waals surface area contributed by atoms with Crippen molar-refractivity contribution in [2.24, 2.45) is 0 Å². The molecule has 0 radical (unpaired) electrons. The molecule has 1 aromatic rings. The first-order chi connectivity index (χ1) is 8.38. The van der Waals surface area contributed by atoms with E-state index in [1.165, 1.54) is 10.6 Å². The molecule has 0 bridgehead atoms. The number of anilines is 1. The number of nitrogens with zero attached hydrogens (tertiary/aromatic N) is 3. The Labute approximate surface area is 110 Å². The molecule has 1 aromatic heterocycles. The highest BCUT2D eigenvalue weighted by molar-refractivity contribution is 7.88. The van der Waals surface area contributed by atoms with Crippen molar-refractivity contribution in [2.75, 3.05) is 25.1 Å². The normalized spacial score (nSPS) is 17.6. The summed E-state index contributed by atoms with van der Waals surface area (Å²) in [6.45, 7) is 0.775. The molecule has 0 atom stereocenters. The van der Waals surface area contributed by atoms with Crippen molar-refractivity contribution in [3.8, 4) is 0 Å². The van der Waals surface area contributed by atoms with Gasteiger partial charge >= 0.3 is 0 Å². The second-order valence-corrected chi connectivity index (χ2v) is 6.44. The maximum atomic E-state index is 11.4. The van der Waals surface area contributed by atoms with Crippen LogP contribution < -0.4 is 5.73 Å². The number of hydrogen-bond donors (Lipinski definition) is 1. The van der Waals surface area contributed by atoms with Crippen LogP contribution in [0, 0.1) is 0 Å². The summed E-state index contributed by atoms with van der Waals surface area (Å²) in [5, 5.41) is 7.66. The Bertz CT molecular complexity index is 600. The number of halogens is 1. The number of rotatable bonds is 2. The van der Waals surface area contributed by atoms with E-state index in [2.05, 4.69) is 10.2 Å². The fraction of sp³-hybridized carbons (Fsp3) is 0.400. The number of aromatic nitrogens is 2. The van der Waals surface area contributed by atoms with Gasteiger partial charge in [0.15, 0.2) is 11.0 Å². The van der Waals surface area contributed by atoms with Gasteiger partial charge in [0.25, 0.3) is 0 Å². The highest BCUT2D eigenvalue weighted by atomic mass is 35.5. The molecule has 6 nitrogen and oxygen atoms in total. The summed E-state index contributed by atoms with van der Waals surface area (Å²) >= 11 is 5.77. The summed E-state index contributed by atoms with van der Waals surface area (Å²) < 4.78 is 24.2. The van der Waals surface area contributed by atoms with Gasteiger partial charge < -0.3 is 5.73 Å². The summed E-state index contributed by atoms with van der Waals surface area (Å²) in [5.74, 6) is 0.304. The molecule has 1 aliphatic heterocycles. The quantitative estimate of drug-likeness (QED) is 0.868. The van der Waals surface area contributed by atoms with E-state index in [0.717, 1.165) is 11.1 Å². The van der Waals surface area contributed by atoms with E-state index in [1.807, 2.05) is 6.08 Å². The molecule has 0 spiro atoms. The van der Waals surface area contributed by atoms with Gasteiger partial charge in [-0.3, -0.25) is 0 Å². The fourth-order valence-corrected chi connectivity index (χ4v) is 2.75. The van der Waals surface area contributed by atoms with Gasteiger partial charge in [-0.25, -0.2) is 8.42 Å². The average Bonchev–Trinajstić information content (AvgIpc) is 2.31. The Morgan fingerprint density at radius 2 is 2.17 bits per heavy atom. The van der Waals surface area contributed by atoms with Crippen molar-refractivity contribution in [3.05, 3.63) is 22.9 Å². The lowest BCUT2D eigenvalue weighted by molar-refractivity contribution is 0.446. The van der Waals surface area contributed by atoms with Crippen LogP contribution in [0.1, 0.15) is 12.0 Å². The zero-order valence-corrected chi connectivity index (χ0v) is 11.4. The summed E-state index contributed by atoms with van der Waals surface area (Å²) in [4.78, 5) is 0. The molecule has 0 amide bonds. The standard InChI is InChI=1S/C10H13ClN4O2S/c1-18(16,17)15-4-2-7(3-5-15)8-6-9(11)13-14-10(8)12/h2,6H,3-5H2,1H3,(H2,12,14). The van der Waals surface area contributed by atoms with Crippen molar-refractivity contribution < 1.29 is 8.42 Å². The molecule has 0 unspecified atom stereocenters. The van der Waals surface area contributed by atoms with E-state index in [4.69, 9.17) is 17.3 Å². The third kappa shape index (κ3) is 2.80. The number of nitrogen functional groups attached to an aromatic ring is 1. The fourth-order valence-electron chi connectivity index (χ4n) is 1.83. The Hall–Kier alpha value is -1.18. The Kier molecular flexibility index (Phi) is 3.56. The molecule has 0 saturated heterocycles. The molecule has 0 aliphatic carbocycles. The SMILES string of the molecule is CS(=O)(=O)N1CC=C(c2cc(Cl)nnc2N)CC1.